The molecule has 2 amide bonds. The molecule has 0 aromatic heterocycles. The molecule has 3 rings (SSSR count). The van der Waals surface area contributed by atoms with Crippen molar-refractivity contribution in [2.24, 2.45) is 0 Å². The predicted octanol–water partition coefficient (Wildman–Crippen LogP) is 3.18. The summed E-state index contributed by atoms with van der Waals surface area (Å²) in [4.78, 5) is 38.0. The first-order chi connectivity index (χ1) is 13.0. The summed E-state index contributed by atoms with van der Waals surface area (Å²) in [6, 6.07) is 14.0. The van der Waals surface area contributed by atoms with Gasteiger partial charge in [-0.3, -0.25) is 14.4 Å². The largest absolute Gasteiger partial charge is 0.376 e. The van der Waals surface area contributed by atoms with Crippen LogP contribution in [-0.2, 0) is 4.79 Å². The van der Waals surface area contributed by atoms with Crippen LogP contribution in [0.5, 0.6) is 0 Å². The lowest BCUT2D eigenvalue weighted by Crippen LogP contribution is -2.27. The van der Waals surface area contributed by atoms with Gasteiger partial charge in [0.25, 0.3) is 5.91 Å². The van der Waals surface area contributed by atoms with Crippen molar-refractivity contribution < 1.29 is 14.4 Å². The van der Waals surface area contributed by atoms with Crippen molar-refractivity contribution in [3.63, 3.8) is 0 Å². The number of anilines is 2. The zero-order valence-corrected chi connectivity index (χ0v) is 15.3. The first kappa shape index (κ1) is 18.6. The fourth-order valence-corrected chi connectivity index (χ4v) is 3.11. The maximum absolute atomic E-state index is 12.3. The molecule has 2 aromatic rings. The molecule has 27 heavy (non-hydrogen) atoms. The highest BCUT2D eigenvalue weighted by atomic mass is 16.2. The number of benzene rings is 2. The van der Waals surface area contributed by atoms with Crippen LogP contribution in [0.15, 0.2) is 48.5 Å². The van der Waals surface area contributed by atoms with Crippen LogP contribution in [0, 0.1) is 0 Å². The second kappa shape index (κ2) is 8.49. The molecule has 1 saturated heterocycles. The lowest BCUT2D eigenvalue weighted by atomic mass is 10.1. The molecule has 0 aliphatic carbocycles. The van der Waals surface area contributed by atoms with Gasteiger partial charge in [-0.25, -0.2) is 0 Å². The highest BCUT2D eigenvalue weighted by Crippen LogP contribution is 2.17. The number of para-hydroxylation sites is 1. The summed E-state index contributed by atoms with van der Waals surface area (Å²) in [5.41, 5.74) is 2.39. The zero-order chi connectivity index (χ0) is 19.2. The maximum atomic E-state index is 12.3. The molecule has 6 heteroatoms. The number of carbonyl (C=O) groups excluding carboxylic acids is 3. The number of hydrogen-bond donors (Lipinski definition) is 2. The molecule has 0 saturated carbocycles. The molecule has 0 atom stereocenters. The molecule has 0 bridgehead atoms. The molecule has 2 aromatic carbocycles. The van der Waals surface area contributed by atoms with Crippen LogP contribution >= 0.6 is 0 Å². The van der Waals surface area contributed by atoms with Gasteiger partial charge in [-0.15, -0.1) is 0 Å². The summed E-state index contributed by atoms with van der Waals surface area (Å²) >= 11 is 0. The Kier molecular flexibility index (Phi) is 5.86. The van der Waals surface area contributed by atoms with Crippen molar-refractivity contribution in [2.45, 2.75) is 19.8 Å². The number of ketones is 1. The van der Waals surface area contributed by atoms with E-state index in [2.05, 4.69) is 10.6 Å². The first-order valence-electron chi connectivity index (χ1n) is 9.07. The summed E-state index contributed by atoms with van der Waals surface area (Å²) in [7, 11) is 0. The van der Waals surface area contributed by atoms with E-state index in [4.69, 9.17) is 0 Å². The van der Waals surface area contributed by atoms with Gasteiger partial charge in [0.2, 0.25) is 5.91 Å². The number of rotatable bonds is 6. The molecule has 1 aliphatic heterocycles. The highest BCUT2D eigenvalue weighted by Gasteiger charge is 2.19. The number of amides is 2. The molecule has 1 aliphatic rings. The molecule has 6 nitrogen and oxygen atoms in total. The van der Waals surface area contributed by atoms with E-state index in [1.165, 1.54) is 6.92 Å². The van der Waals surface area contributed by atoms with Gasteiger partial charge in [0.05, 0.1) is 12.2 Å². The van der Waals surface area contributed by atoms with E-state index in [1.54, 1.807) is 48.5 Å². The normalized spacial score (nSPS) is 13.3. The summed E-state index contributed by atoms with van der Waals surface area (Å²) in [6.45, 7) is 3.17. The van der Waals surface area contributed by atoms with E-state index in [0.29, 0.717) is 16.8 Å². The third kappa shape index (κ3) is 4.73. The number of hydrogen-bond acceptors (Lipinski definition) is 4. The predicted molar refractivity (Wildman–Crippen MR) is 105 cm³/mol. The van der Waals surface area contributed by atoms with Gasteiger partial charge >= 0.3 is 0 Å². The van der Waals surface area contributed by atoms with E-state index >= 15 is 0 Å². The van der Waals surface area contributed by atoms with Gasteiger partial charge in [-0.05, 0) is 56.2 Å². The highest BCUT2D eigenvalue weighted by molar-refractivity contribution is 6.04. The van der Waals surface area contributed by atoms with Gasteiger partial charge in [0.1, 0.15) is 0 Å². The van der Waals surface area contributed by atoms with Gasteiger partial charge < -0.3 is 15.5 Å². The quantitative estimate of drug-likeness (QED) is 0.771. The zero-order valence-electron chi connectivity index (χ0n) is 15.3. The standard InChI is InChI=1S/C21H23N3O3/c1-15(25)18-6-2-3-7-19(18)23-20(26)14-22-17-10-8-16(9-11-17)21(27)24-12-4-5-13-24/h2-3,6-11,22H,4-5,12-14H2,1H3,(H,23,26). The Labute approximate surface area is 158 Å². The van der Waals surface area contributed by atoms with E-state index in [9.17, 15) is 14.4 Å². The lowest BCUT2D eigenvalue weighted by molar-refractivity contribution is -0.114. The SMILES string of the molecule is CC(=O)c1ccccc1NC(=O)CNc1ccc(C(=O)N2CCCC2)cc1. The number of likely N-dealkylation sites (tertiary alicyclic amines) is 1. The van der Waals surface area contributed by atoms with Crippen LogP contribution < -0.4 is 10.6 Å². The van der Waals surface area contributed by atoms with E-state index in [1.807, 2.05) is 4.90 Å². The molecular weight excluding hydrogens is 342 g/mol. The van der Waals surface area contributed by atoms with Crippen LogP contribution in [-0.4, -0.2) is 42.1 Å². The van der Waals surface area contributed by atoms with Crippen molar-refractivity contribution in [3.05, 3.63) is 59.7 Å². The number of nitrogens with zero attached hydrogens (tertiary/aromatic N) is 1. The van der Waals surface area contributed by atoms with Crippen LogP contribution in [0.3, 0.4) is 0 Å². The summed E-state index contributed by atoms with van der Waals surface area (Å²) in [5.74, 6) is -0.296. The van der Waals surface area contributed by atoms with Gasteiger partial charge in [0.15, 0.2) is 5.78 Å². The Morgan fingerprint density at radius 2 is 1.63 bits per heavy atom. The third-order valence-corrected chi connectivity index (χ3v) is 4.56. The molecule has 0 radical (unpaired) electrons. The van der Waals surface area contributed by atoms with E-state index in [-0.39, 0.29) is 24.1 Å². The molecule has 2 N–H and O–H groups in total. The average Bonchev–Trinajstić information content (AvgIpc) is 3.21. The number of nitrogens with one attached hydrogen (secondary N) is 2. The smallest absolute Gasteiger partial charge is 0.253 e. The topological polar surface area (TPSA) is 78.5 Å². The van der Waals surface area contributed by atoms with E-state index in [0.717, 1.165) is 31.6 Å². The fourth-order valence-electron chi connectivity index (χ4n) is 3.11. The van der Waals surface area contributed by atoms with Crippen molar-refractivity contribution in [2.75, 3.05) is 30.3 Å². The second-order valence-corrected chi connectivity index (χ2v) is 6.58. The molecule has 0 unspecified atom stereocenters. The molecule has 1 fully saturated rings. The maximum Gasteiger partial charge on any atom is 0.253 e. The van der Waals surface area contributed by atoms with Crippen molar-refractivity contribution in [3.8, 4) is 0 Å². The van der Waals surface area contributed by atoms with Crippen LogP contribution in [0.2, 0.25) is 0 Å². The van der Waals surface area contributed by atoms with Crippen molar-refractivity contribution in [1.29, 1.82) is 0 Å². The van der Waals surface area contributed by atoms with E-state index < -0.39 is 0 Å². The minimum Gasteiger partial charge on any atom is -0.376 e. The summed E-state index contributed by atoms with van der Waals surface area (Å²) in [5, 5.41) is 5.77. The Balaban J connectivity index is 1.55. The fraction of sp³-hybridized carbons (Fsp3) is 0.286. The second-order valence-electron chi connectivity index (χ2n) is 6.58. The van der Waals surface area contributed by atoms with Gasteiger partial charge in [0, 0.05) is 29.9 Å². The monoisotopic (exact) mass is 365 g/mol. The summed E-state index contributed by atoms with van der Waals surface area (Å²) in [6.07, 6.45) is 2.13. The third-order valence-electron chi connectivity index (χ3n) is 4.56. The Bertz CT molecular complexity index is 840. The van der Waals surface area contributed by atoms with Crippen molar-refractivity contribution in [1.82, 2.24) is 4.90 Å². The Hall–Kier alpha value is -3.15. The first-order valence-corrected chi connectivity index (χ1v) is 9.07. The van der Waals surface area contributed by atoms with Crippen LogP contribution in [0.1, 0.15) is 40.5 Å². The molecule has 140 valence electrons. The minimum atomic E-state index is -0.249. The van der Waals surface area contributed by atoms with Crippen LogP contribution in [0.25, 0.3) is 0 Å². The molecular formula is C21H23N3O3. The molecule has 0 spiro atoms. The Morgan fingerprint density at radius 3 is 2.30 bits per heavy atom. The minimum absolute atomic E-state index is 0.0534. The van der Waals surface area contributed by atoms with Gasteiger partial charge in [-0.2, -0.15) is 0 Å². The van der Waals surface area contributed by atoms with Crippen molar-refractivity contribution >= 4 is 29.0 Å². The lowest BCUT2D eigenvalue weighted by Gasteiger charge is -2.15. The molecule has 1 heterocycles. The average molecular weight is 365 g/mol. The number of carbonyl (C=O) groups is 3. The van der Waals surface area contributed by atoms with Gasteiger partial charge in [-0.1, -0.05) is 12.1 Å². The Morgan fingerprint density at radius 1 is 0.963 bits per heavy atom. The van der Waals surface area contributed by atoms with Crippen LogP contribution in [0.4, 0.5) is 11.4 Å². The summed E-state index contributed by atoms with van der Waals surface area (Å²) < 4.78 is 0. The number of Topliss-reactive ketones (excluding diaryl/α,β-unsaturated/α-hetero) is 1.